The molecule has 0 amide bonds. The van der Waals surface area contributed by atoms with E-state index in [4.69, 9.17) is 5.73 Å². The molecule has 1 saturated heterocycles. The van der Waals surface area contributed by atoms with E-state index in [2.05, 4.69) is 23.9 Å². The lowest BCUT2D eigenvalue weighted by atomic mass is 10.0. The summed E-state index contributed by atoms with van der Waals surface area (Å²) in [4.78, 5) is 4.53. The van der Waals surface area contributed by atoms with E-state index in [1.807, 2.05) is 6.07 Å². The second kappa shape index (κ2) is 5.67. The highest BCUT2D eigenvalue weighted by atomic mass is 19.1. The van der Waals surface area contributed by atoms with Gasteiger partial charge in [0, 0.05) is 36.9 Å². The molecule has 0 spiro atoms. The summed E-state index contributed by atoms with van der Waals surface area (Å²) >= 11 is 0. The highest BCUT2D eigenvalue weighted by Crippen LogP contribution is 2.23. The number of hydrogen-bond acceptors (Lipinski definition) is 3. The third-order valence-corrected chi connectivity index (χ3v) is 3.82. The van der Waals surface area contributed by atoms with Gasteiger partial charge in [0.05, 0.1) is 0 Å². The van der Waals surface area contributed by atoms with E-state index < -0.39 is 0 Å². The van der Waals surface area contributed by atoms with Crippen LogP contribution < -0.4 is 10.6 Å². The standard InChI is InChI=1S/C14H22FN3/c1-17(2)12-5-7-18(8-6-12)13-4-3-11(10-16)14(15)9-13/h3-4,9,12H,5-8,10,16H2,1-2H3. The average molecular weight is 251 g/mol. The molecule has 0 unspecified atom stereocenters. The molecular weight excluding hydrogens is 229 g/mol. The Kier molecular flexibility index (Phi) is 4.19. The van der Waals surface area contributed by atoms with Crippen LogP contribution in [-0.4, -0.2) is 38.1 Å². The number of benzene rings is 1. The van der Waals surface area contributed by atoms with E-state index in [0.29, 0.717) is 11.6 Å². The van der Waals surface area contributed by atoms with Crippen LogP contribution in [-0.2, 0) is 6.54 Å². The molecule has 0 atom stereocenters. The number of halogens is 1. The SMILES string of the molecule is CN(C)C1CCN(c2ccc(CN)c(F)c2)CC1. The molecule has 2 N–H and O–H groups in total. The zero-order valence-electron chi connectivity index (χ0n) is 11.2. The van der Waals surface area contributed by atoms with Crippen LogP contribution in [0.15, 0.2) is 18.2 Å². The van der Waals surface area contributed by atoms with E-state index in [0.717, 1.165) is 31.6 Å². The quantitative estimate of drug-likeness (QED) is 0.889. The molecule has 1 fully saturated rings. The summed E-state index contributed by atoms with van der Waals surface area (Å²) in [6, 6.07) is 6.02. The normalized spacial score (nSPS) is 17.5. The Balaban J connectivity index is 2.03. The zero-order chi connectivity index (χ0) is 13.1. The van der Waals surface area contributed by atoms with Crippen LogP contribution in [0.2, 0.25) is 0 Å². The number of piperidine rings is 1. The van der Waals surface area contributed by atoms with E-state index in [9.17, 15) is 4.39 Å². The van der Waals surface area contributed by atoms with Gasteiger partial charge in [-0.1, -0.05) is 6.07 Å². The fraction of sp³-hybridized carbons (Fsp3) is 0.571. The molecule has 1 aliphatic rings. The van der Waals surface area contributed by atoms with Crippen LogP contribution >= 0.6 is 0 Å². The summed E-state index contributed by atoms with van der Waals surface area (Å²) in [6.45, 7) is 2.24. The smallest absolute Gasteiger partial charge is 0.129 e. The van der Waals surface area contributed by atoms with Crippen molar-refractivity contribution < 1.29 is 4.39 Å². The molecule has 1 heterocycles. The third-order valence-electron chi connectivity index (χ3n) is 3.82. The maximum atomic E-state index is 13.7. The third kappa shape index (κ3) is 2.82. The van der Waals surface area contributed by atoms with Gasteiger partial charge in [-0.3, -0.25) is 0 Å². The largest absolute Gasteiger partial charge is 0.371 e. The number of anilines is 1. The van der Waals surface area contributed by atoms with Crippen LogP contribution in [0.3, 0.4) is 0 Å². The van der Waals surface area contributed by atoms with Crippen molar-refractivity contribution in [3.8, 4) is 0 Å². The molecule has 100 valence electrons. The zero-order valence-corrected chi connectivity index (χ0v) is 11.2. The van der Waals surface area contributed by atoms with Crippen LogP contribution in [0.25, 0.3) is 0 Å². The predicted molar refractivity (Wildman–Crippen MR) is 73.2 cm³/mol. The van der Waals surface area contributed by atoms with Crippen molar-refractivity contribution in [3.63, 3.8) is 0 Å². The lowest BCUT2D eigenvalue weighted by molar-refractivity contribution is 0.249. The van der Waals surface area contributed by atoms with Crippen molar-refractivity contribution in [2.75, 3.05) is 32.1 Å². The second-order valence-corrected chi connectivity index (χ2v) is 5.16. The minimum absolute atomic E-state index is 0.190. The Morgan fingerprint density at radius 3 is 2.50 bits per heavy atom. The maximum absolute atomic E-state index is 13.7. The van der Waals surface area contributed by atoms with Crippen LogP contribution in [0.4, 0.5) is 10.1 Å². The van der Waals surface area contributed by atoms with Crippen LogP contribution in [0.1, 0.15) is 18.4 Å². The Morgan fingerprint density at radius 1 is 1.33 bits per heavy atom. The summed E-state index contributed by atoms with van der Waals surface area (Å²) in [5.41, 5.74) is 7.03. The van der Waals surface area contributed by atoms with Crippen molar-refractivity contribution in [1.29, 1.82) is 0 Å². The first-order valence-corrected chi connectivity index (χ1v) is 6.51. The number of nitrogens with two attached hydrogens (primary N) is 1. The van der Waals surface area contributed by atoms with Gasteiger partial charge in [-0.05, 0) is 39.1 Å². The molecule has 3 nitrogen and oxygen atoms in total. The lowest BCUT2D eigenvalue weighted by Gasteiger charge is -2.36. The Bertz CT molecular complexity index is 398. The van der Waals surface area contributed by atoms with Crippen molar-refractivity contribution in [1.82, 2.24) is 4.90 Å². The molecular formula is C14H22FN3. The minimum atomic E-state index is -0.190. The highest BCUT2D eigenvalue weighted by Gasteiger charge is 2.21. The van der Waals surface area contributed by atoms with Gasteiger partial charge in [0.25, 0.3) is 0 Å². The Labute approximate surface area is 108 Å². The highest BCUT2D eigenvalue weighted by molar-refractivity contribution is 5.48. The number of nitrogens with zero attached hydrogens (tertiary/aromatic N) is 2. The topological polar surface area (TPSA) is 32.5 Å². The fourth-order valence-corrected chi connectivity index (χ4v) is 2.54. The fourth-order valence-electron chi connectivity index (χ4n) is 2.54. The van der Waals surface area contributed by atoms with Gasteiger partial charge in [0.1, 0.15) is 5.82 Å². The first kappa shape index (κ1) is 13.3. The second-order valence-electron chi connectivity index (χ2n) is 5.16. The molecule has 1 aliphatic heterocycles. The molecule has 2 rings (SSSR count). The molecule has 0 aromatic heterocycles. The summed E-state index contributed by atoms with van der Waals surface area (Å²) in [5, 5.41) is 0. The van der Waals surface area contributed by atoms with Crippen molar-refractivity contribution in [2.24, 2.45) is 5.73 Å². The molecule has 0 saturated carbocycles. The van der Waals surface area contributed by atoms with E-state index in [1.54, 1.807) is 12.1 Å². The average Bonchev–Trinajstić information content (AvgIpc) is 2.38. The first-order valence-electron chi connectivity index (χ1n) is 6.51. The Hall–Kier alpha value is -1.13. The van der Waals surface area contributed by atoms with E-state index in [-0.39, 0.29) is 12.4 Å². The van der Waals surface area contributed by atoms with Crippen LogP contribution in [0.5, 0.6) is 0 Å². The Morgan fingerprint density at radius 2 is 2.00 bits per heavy atom. The van der Waals surface area contributed by atoms with Crippen molar-refractivity contribution in [2.45, 2.75) is 25.4 Å². The van der Waals surface area contributed by atoms with E-state index >= 15 is 0 Å². The summed E-state index contributed by atoms with van der Waals surface area (Å²) in [6.07, 6.45) is 2.26. The monoisotopic (exact) mass is 251 g/mol. The van der Waals surface area contributed by atoms with Crippen molar-refractivity contribution in [3.05, 3.63) is 29.6 Å². The van der Waals surface area contributed by atoms with Crippen LogP contribution in [0, 0.1) is 5.82 Å². The molecule has 0 bridgehead atoms. The van der Waals surface area contributed by atoms with Gasteiger partial charge < -0.3 is 15.5 Å². The summed E-state index contributed by atoms with van der Waals surface area (Å²) in [7, 11) is 4.24. The minimum Gasteiger partial charge on any atom is -0.371 e. The molecule has 18 heavy (non-hydrogen) atoms. The number of hydrogen-bond donors (Lipinski definition) is 1. The lowest BCUT2D eigenvalue weighted by Crippen LogP contribution is -2.42. The van der Waals surface area contributed by atoms with Gasteiger partial charge in [0.15, 0.2) is 0 Å². The molecule has 1 aromatic rings. The molecule has 4 heteroatoms. The van der Waals surface area contributed by atoms with Gasteiger partial charge in [0.2, 0.25) is 0 Å². The predicted octanol–water partition coefficient (Wildman–Crippen LogP) is 1.81. The van der Waals surface area contributed by atoms with Crippen molar-refractivity contribution >= 4 is 5.69 Å². The maximum Gasteiger partial charge on any atom is 0.129 e. The van der Waals surface area contributed by atoms with Gasteiger partial charge in [-0.15, -0.1) is 0 Å². The van der Waals surface area contributed by atoms with Gasteiger partial charge in [-0.2, -0.15) is 0 Å². The summed E-state index contributed by atoms with van der Waals surface area (Å²) in [5.74, 6) is -0.190. The molecule has 1 aromatic carbocycles. The van der Waals surface area contributed by atoms with Gasteiger partial charge >= 0.3 is 0 Å². The number of rotatable bonds is 3. The molecule has 0 aliphatic carbocycles. The first-order chi connectivity index (χ1) is 8.61. The van der Waals surface area contributed by atoms with E-state index in [1.165, 1.54) is 0 Å². The summed E-state index contributed by atoms with van der Waals surface area (Å²) < 4.78 is 13.7. The molecule has 0 radical (unpaired) electrons. The van der Waals surface area contributed by atoms with Gasteiger partial charge in [-0.25, -0.2) is 4.39 Å².